The fourth-order valence-corrected chi connectivity index (χ4v) is 3.69. The Bertz CT molecular complexity index is 1020. The summed E-state index contributed by atoms with van der Waals surface area (Å²) >= 11 is 0. The van der Waals surface area contributed by atoms with E-state index >= 15 is 0 Å². The van der Waals surface area contributed by atoms with Crippen molar-refractivity contribution in [2.75, 3.05) is 12.3 Å². The maximum absolute atomic E-state index is 13.4. The number of nitrogen functional groups attached to an aromatic ring is 1. The molecule has 1 fully saturated rings. The third-order valence-electron chi connectivity index (χ3n) is 4.98. The average molecular weight is 395 g/mol. The maximum Gasteiger partial charge on any atom is 0.273 e. The zero-order valence-electron chi connectivity index (χ0n) is 16.1. The molecule has 4 rings (SSSR count). The van der Waals surface area contributed by atoms with E-state index in [0.29, 0.717) is 30.3 Å². The second-order valence-electron chi connectivity index (χ2n) is 7.23. The number of carbonyl (C=O) groups excluding carboxylic acids is 1. The van der Waals surface area contributed by atoms with Crippen LogP contribution in [0.1, 0.15) is 58.7 Å². The van der Waals surface area contributed by atoms with E-state index in [-0.39, 0.29) is 29.4 Å². The predicted octanol–water partition coefficient (Wildman–Crippen LogP) is 3.45. The van der Waals surface area contributed by atoms with E-state index < -0.39 is 0 Å². The van der Waals surface area contributed by atoms with Crippen LogP contribution in [0.4, 0.5) is 10.3 Å². The van der Waals surface area contributed by atoms with Crippen LogP contribution < -0.4 is 5.73 Å². The number of amides is 1. The Kier molecular flexibility index (Phi) is 5.24. The van der Waals surface area contributed by atoms with E-state index in [1.807, 2.05) is 6.07 Å². The van der Waals surface area contributed by atoms with Crippen LogP contribution in [0, 0.1) is 12.7 Å². The van der Waals surface area contributed by atoms with Gasteiger partial charge in [0.25, 0.3) is 5.91 Å². The van der Waals surface area contributed by atoms with Gasteiger partial charge >= 0.3 is 0 Å². The molecule has 1 aliphatic rings. The van der Waals surface area contributed by atoms with Crippen LogP contribution >= 0.6 is 0 Å². The van der Waals surface area contributed by atoms with Crippen molar-refractivity contribution in [3.63, 3.8) is 0 Å². The molecular weight excluding hydrogens is 373 g/mol. The zero-order valence-corrected chi connectivity index (χ0v) is 16.1. The van der Waals surface area contributed by atoms with Crippen LogP contribution in [-0.2, 0) is 6.42 Å². The zero-order chi connectivity index (χ0) is 20.4. The number of rotatable bonds is 4. The first-order valence-corrected chi connectivity index (χ1v) is 9.61. The minimum Gasteiger partial charge on any atom is -0.443 e. The number of aryl methyl sites for hydroxylation is 1. The summed E-state index contributed by atoms with van der Waals surface area (Å²) in [6.45, 7) is 2.36. The predicted molar refractivity (Wildman–Crippen MR) is 105 cm³/mol. The van der Waals surface area contributed by atoms with Gasteiger partial charge in [-0.1, -0.05) is 12.1 Å². The molecule has 8 heteroatoms. The molecule has 0 saturated carbocycles. The van der Waals surface area contributed by atoms with Crippen LogP contribution in [-0.4, -0.2) is 32.3 Å². The molecule has 0 bridgehead atoms. The van der Waals surface area contributed by atoms with Crippen molar-refractivity contribution in [2.24, 2.45) is 0 Å². The minimum atomic E-state index is -0.286. The first kappa shape index (κ1) is 19.0. The number of nitrogens with two attached hydrogens (primary N) is 1. The van der Waals surface area contributed by atoms with E-state index in [9.17, 15) is 9.18 Å². The number of benzene rings is 1. The van der Waals surface area contributed by atoms with Gasteiger partial charge in [0, 0.05) is 18.7 Å². The number of hydrogen-bond donors (Lipinski definition) is 1. The van der Waals surface area contributed by atoms with Gasteiger partial charge in [-0.3, -0.25) is 4.79 Å². The largest absolute Gasteiger partial charge is 0.443 e. The molecule has 29 heavy (non-hydrogen) atoms. The van der Waals surface area contributed by atoms with Gasteiger partial charge in [0.05, 0.1) is 6.20 Å². The van der Waals surface area contributed by atoms with Crippen molar-refractivity contribution in [2.45, 2.75) is 38.6 Å². The average Bonchev–Trinajstić information content (AvgIpc) is 3.15. The topological polar surface area (TPSA) is 98.1 Å². The van der Waals surface area contributed by atoms with Crippen LogP contribution in [0.2, 0.25) is 0 Å². The highest BCUT2D eigenvalue weighted by molar-refractivity contribution is 5.93. The van der Waals surface area contributed by atoms with Crippen molar-refractivity contribution in [3.8, 4) is 0 Å². The minimum absolute atomic E-state index is 0.0791. The number of oxazole rings is 1. The molecule has 0 aliphatic carbocycles. The molecule has 3 aromatic rings. The number of halogens is 1. The second kappa shape index (κ2) is 7.98. The lowest BCUT2D eigenvalue weighted by atomic mass is 10.0. The van der Waals surface area contributed by atoms with Gasteiger partial charge < -0.3 is 15.1 Å². The standard InChI is InChI=1S/C21H22FN5O2/c1-13-9-17(26-21(23)25-13)20(28)27-8-3-2-7-18(27)19-24-12-16(29-19)11-14-5-4-6-15(22)10-14/h4-6,9-10,12,18H,2-3,7-8,11H2,1H3,(H2,23,25,26)/t18-/m1/s1. The summed E-state index contributed by atoms with van der Waals surface area (Å²) in [5.74, 6) is 0.701. The Morgan fingerprint density at radius 3 is 2.97 bits per heavy atom. The normalized spacial score (nSPS) is 16.8. The SMILES string of the molecule is Cc1cc(C(=O)N2CCCC[C@@H]2c2ncc(Cc3cccc(F)c3)o2)nc(N)n1. The number of carbonyl (C=O) groups is 1. The van der Waals surface area contributed by atoms with Gasteiger partial charge in [-0.05, 0) is 49.9 Å². The fourth-order valence-electron chi connectivity index (χ4n) is 3.69. The molecule has 2 N–H and O–H groups in total. The third kappa shape index (κ3) is 4.26. The quantitative estimate of drug-likeness (QED) is 0.726. The highest BCUT2D eigenvalue weighted by atomic mass is 19.1. The lowest BCUT2D eigenvalue weighted by Crippen LogP contribution is -2.39. The smallest absolute Gasteiger partial charge is 0.273 e. The summed E-state index contributed by atoms with van der Waals surface area (Å²) in [4.78, 5) is 27.4. The Labute approximate surface area is 167 Å². The molecule has 0 unspecified atom stereocenters. The molecule has 0 radical (unpaired) electrons. The number of hydrogen-bond acceptors (Lipinski definition) is 6. The first-order chi connectivity index (χ1) is 14.0. The number of aromatic nitrogens is 3. The van der Waals surface area contributed by atoms with E-state index in [2.05, 4.69) is 15.0 Å². The summed E-state index contributed by atoms with van der Waals surface area (Å²) in [6, 6.07) is 7.75. The van der Waals surface area contributed by atoms with Crippen LogP contribution in [0.15, 0.2) is 40.9 Å². The van der Waals surface area contributed by atoms with Crippen LogP contribution in [0.3, 0.4) is 0 Å². The summed E-state index contributed by atoms with van der Waals surface area (Å²) in [5.41, 5.74) is 7.42. The van der Waals surface area contributed by atoms with Crippen molar-refractivity contribution < 1.29 is 13.6 Å². The lowest BCUT2D eigenvalue weighted by Gasteiger charge is -2.33. The highest BCUT2D eigenvalue weighted by Gasteiger charge is 2.32. The van der Waals surface area contributed by atoms with Gasteiger partial charge in [-0.25, -0.2) is 19.3 Å². The van der Waals surface area contributed by atoms with Gasteiger partial charge in [0.2, 0.25) is 11.8 Å². The molecular formula is C21H22FN5O2. The van der Waals surface area contributed by atoms with E-state index in [1.54, 1.807) is 30.2 Å². The van der Waals surface area contributed by atoms with Crippen molar-refractivity contribution in [1.82, 2.24) is 19.9 Å². The molecule has 1 saturated heterocycles. The van der Waals surface area contributed by atoms with E-state index in [4.69, 9.17) is 10.2 Å². The monoisotopic (exact) mass is 395 g/mol. The van der Waals surface area contributed by atoms with E-state index in [0.717, 1.165) is 24.8 Å². The molecule has 2 aromatic heterocycles. The molecule has 150 valence electrons. The lowest BCUT2D eigenvalue weighted by molar-refractivity contribution is 0.0564. The van der Waals surface area contributed by atoms with Crippen LogP contribution in [0.25, 0.3) is 0 Å². The van der Waals surface area contributed by atoms with Gasteiger partial charge in [0.15, 0.2) is 0 Å². The molecule has 7 nitrogen and oxygen atoms in total. The number of piperidine rings is 1. The Morgan fingerprint density at radius 2 is 2.17 bits per heavy atom. The van der Waals surface area contributed by atoms with Gasteiger partial charge in [-0.2, -0.15) is 0 Å². The summed E-state index contributed by atoms with van der Waals surface area (Å²) in [7, 11) is 0. The van der Waals surface area contributed by atoms with Crippen LogP contribution in [0.5, 0.6) is 0 Å². The molecule has 0 spiro atoms. The highest BCUT2D eigenvalue weighted by Crippen LogP contribution is 2.32. The third-order valence-corrected chi connectivity index (χ3v) is 4.98. The summed E-state index contributed by atoms with van der Waals surface area (Å²) < 4.78 is 19.4. The maximum atomic E-state index is 13.4. The molecule has 1 aromatic carbocycles. The Morgan fingerprint density at radius 1 is 1.31 bits per heavy atom. The number of likely N-dealkylation sites (tertiary alicyclic amines) is 1. The first-order valence-electron chi connectivity index (χ1n) is 9.61. The number of nitrogens with zero attached hydrogens (tertiary/aromatic N) is 4. The fraction of sp³-hybridized carbons (Fsp3) is 0.333. The molecule has 1 atom stereocenters. The Balaban J connectivity index is 1.56. The van der Waals surface area contributed by atoms with Crippen molar-refractivity contribution in [1.29, 1.82) is 0 Å². The molecule has 3 heterocycles. The van der Waals surface area contributed by atoms with Gasteiger partial charge in [-0.15, -0.1) is 0 Å². The second-order valence-corrected chi connectivity index (χ2v) is 7.23. The summed E-state index contributed by atoms with van der Waals surface area (Å²) in [5, 5.41) is 0. The van der Waals surface area contributed by atoms with Gasteiger partial charge in [0.1, 0.15) is 23.3 Å². The number of anilines is 1. The molecule has 1 amide bonds. The molecule has 1 aliphatic heterocycles. The van der Waals surface area contributed by atoms with Crippen molar-refractivity contribution in [3.05, 3.63) is 70.9 Å². The summed E-state index contributed by atoms with van der Waals surface area (Å²) in [6.07, 6.45) is 4.71. The van der Waals surface area contributed by atoms with E-state index in [1.165, 1.54) is 12.1 Å². The Hall–Kier alpha value is -3.29. The van der Waals surface area contributed by atoms with Crippen molar-refractivity contribution >= 4 is 11.9 Å².